The summed E-state index contributed by atoms with van der Waals surface area (Å²) >= 11 is 0. The second-order valence-electron chi connectivity index (χ2n) is 27.6. The van der Waals surface area contributed by atoms with Gasteiger partial charge in [0.25, 0.3) is 6.71 Å². The van der Waals surface area contributed by atoms with Crippen LogP contribution < -0.4 is 31.1 Å². The monoisotopic (exact) mass is 1080 g/mol. The molecule has 83 heavy (non-hydrogen) atoms. The number of hydrogen-bond donors (Lipinski definition) is 0. The fourth-order valence-electron chi connectivity index (χ4n) is 13.1. The Kier molecular flexibility index (Phi) is 12.7. The molecule has 4 nitrogen and oxygen atoms in total. The Morgan fingerprint density at radius 2 is 0.964 bits per heavy atom. The van der Waals surface area contributed by atoms with Crippen molar-refractivity contribution in [2.24, 2.45) is 0 Å². The van der Waals surface area contributed by atoms with Gasteiger partial charge in [0.2, 0.25) is 0 Å². The van der Waals surface area contributed by atoms with Crippen LogP contribution in [-0.4, -0.2) is 6.71 Å². The molecule has 2 aliphatic heterocycles. The predicted molar refractivity (Wildman–Crippen MR) is 358 cm³/mol. The van der Waals surface area contributed by atoms with Crippen molar-refractivity contribution in [3.05, 3.63) is 240 Å². The molecule has 0 fully saturated rings. The Labute approximate surface area is 493 Å². The summed E-state index contributed by atoms with van der Waals surface area (Å²) in [6.45, 7) is 32.5. The van der Waals surface area contributed by atoms with Crippen LogP contribution in [0.5, 0.6) is 0 Å². The van der Waals surface area contributed by atoms with Gasteiger partial charge in [-0.05, 0) is 181 Å². The lowest BCUT2D eigenvalue weighted by atomic mass is 9.33. The molecule has 0 saturated carbocycles. The molecule has 2 aliphatic rings. The van der Waals surface area contributed by atoms with Crippen molar-refractivity contribution in [1.82, 2.24) is 0 Å². The third kappa shape index (κ3) is 9.24. The minimum atomic E-state index is -0.191. The largest absolute Gasteiger partial charge is 0.455 e. The lowest BCUT2D eigenvalue weighted by Crippen LogP contribution is -2.61. The molecule has 0 radical (unpaired) electrons. The average molecular weight is 1080 g/mol. The van der Waals surface area contributed by atoms with E-state index in [0.717, 1.165) is 55.8 Å². The van der Waals surface area contributed by atoms with E-state index in [2.05, 4.69) is 318 Å². The van der Waals surface area contributed by atoms with Crippen LogP contribution in [0.1, 0.15) is 116 Å². The standard InChI is InChI=1S/C78H76BN3O/c1-49-42-52(60-29-23-30-62-61-28-21-22-31-71(61)83-74(60)62)43-50(2)73(49)82-68-48-59(80(57-26-19-16-20-27-57)66-40-34-54(76(6,7)8)44-63(66)51-24-17-15-18-25-51)38-39-64(68)79-65-45-55(77(9,10)11)35-41-67(65)81(58-36-32-53(33-37-58)75(3,4)5)69-46-56(78(12,13)14)47-70(82)72(69)79/h15-48H,1-14H3. The van der Waals surface area contributed by atoms with Gasteiger partial charge in [-0.1, -0.05) is 204 Å². The zero-order chi connectivity index (χ0) is 58.1. The van der Waals surface area contributed by atoms with Crippen molar-refractivity contribution < 1.29 is 4.42 Å². The van der Waals surface area contributed by atoms with E-state index < -0.39 is 0 Å². The second kappa shape index (κ2) is 19.6. The smallest absolute Gasteiger partial charge is 0.252 e. The first-order valence-electron chi connectivity index (χ1n) is 29.8. The lowest BCUT2D eigenvalue weighted by molar-refractivity contribution is 0.589. The Hall–Kier alpha value is -8.54. The number of furan rings is 1. The van der Waals surface area contributed by atoms with E-state index in [1.807, 2.05) is 0 Å². The maximum Gasteiger partial charge on any atom is 0.252 e. The summed E-state index contributed by atoms with van der Waals surface area (Å²) < 4.78 is 6.72. The van der Waals surface area contributed by atoms with Gasteiger partial charge in [-0.2, -0.15) is 0 Å². The fourth-order valence-corrected chi connectivity index (χ4v) is 13.1. The number of para-hydroxylation sites is 3. The highest BCUT2D eigenvalue weighted by molar-refractivity contribution is 7.00. The molecule has 0 bridgehead atoms. The quantitative estimate of drug-likeness (QED) is 0.148. The van der Waals surface area contributed by atoms with Crippen LogP contribution in [0.15, 0.2) is 211 Å². The summed E-state index contributed by atoms with van der Waals surface area (Å²) in [5.74, 6) is 0. The number of aryl methyl sites for hydroxylation is 2. The molecule has 13 rings (SSSR count). The van der Waals surface area contributed by atoms with E-state index in [9.17, 15) is 0 Å². The number of hydrogen-bond acceptors (Lipinski definition) is 4. The topological polar surface area (TPSA) is 22.9 Å². The van der Waals surface area contributed by atoms with Gasteiger partial charge in [-0.15, -0.1) is 0 Å². The highest BCUT2D eigenvalue weighted by Crippen LogP contribution is 2.51. The summed E-state index contributed by atoms with van der Waals surface area (Å²) in [4.78, 5) is 7.73. The first-order valence-corrected chi connectivity index (χ1v) is 29.8. The van der Waals surface area contributed by atoms with Gasteiger partial charge in [0, 0.05) is 61.7 Å². The molecular formula is C78H76BN3O. The van der Waals surface area contributed by atoms with Gasteiger partial charge in [-0.25, -0.2) is 0 Å². The van der Waals surface area contributed by atoms with E-state index in [1.54, 1.807) is 0 Å². The van der Waals surface area contributed by atoms with Gasteiger partial charge in [0.15, 0.2) is 0 Å². The average Bonchev–Trinajstić information content (AvgIpc) is 1.46. The van der Waals surface area contributed by atoms with E-state index in [-0.39, 0.29) is 28.4 Å². The molecule has 0 aliphatic carbocycles. The van der Waals surface area contributed by atoms with Crippen LogP contribution in [0.2, 0.25) is 0 Å². The summed E-state index contributed by atoms with van der Waals surface area (Å²) in [5, 5.41) is 2.26. The summed E-state index contributed by atoms with van der Waals surface area (Å²) in [7, 11) is 0. The molecule has 0 amide bonds. The van der Waals surface area contributed by atoms with Crippen LogP contribution in [0.25, 0.3) is 44.2 Å². The van der Waals surface area contributed by atoms with Crippen molar-refractivity contribution >= 4 is 96.2 Å². The molecule has 412 valence electrons. The van der Waals surface area contributed by atoms with E-state index >= 15 is 0 Å². The van der Waals surface area contributed by atoms with Crippen LogP contribution >= 0.6 is 0 Å². The maximum absolute atomic E-state index is 6.72. The molecule has 0 saturated heterocycles. The third-order valence-corrected chi connectivity index (χ3v) is 17.7. The molecule has 1 aromatic heterocycles. The molecule has 3 heterocycles. The molecule has 5 heteroatoms. The summed E-state index contributed by atoms with van der Waals surface area (Å²) in [5.41, 5.74) is 28.0. The molecule has 0 unspecified atom stereocenters. The number of anilines is 9. The van der Waals surface area contributed by atoms with Gasteiger partial charge >= 0.3 is 0 Å². The van der Waals surface area contributed by atoms with Crippen molar-refractivity contribution in [1.29, 1.82) is 0 Å². The highest BCUT2D eigenvalue weighted by Gasteiger charge is 2.45. The predicted octanol–water partition coefficient (Wildman–Crippen LogP) is 20.3. The zero-order valence-electron chi connectivity index (χ0n) is 51.0. The van der Waals surface area contributed by atoms with Gasteiger partial charge in [-0.3, -0.25) is 0 Å². The number of fused-ring (bicyclic) bond motifs is 7. The van der Waals surface area contributed by atoms with E-state index in [4.69, 9.17) is 4.42 Å². The van der Waals surface area contributed by atoms with Crippen LogP contribution in [0, 0.1) is 13.8 Å². The lowest BCUT2D eigenvalue weighted by Gasteiger charge is -2.46. The van der Waals surface area contributed by atoms with Gasteiger partial charge in [0.05, 0.1) is 11.4 Å². The molecule has 0 N–H and O–H groups in total. The molecule has 0 atom stereocenters. The first kappa shape index (κ1) is 53.8. The summed E-state index contributed by atoms with van der Waals surface area (Å²) in [6.07, 6.45) is 0. The van der Waals surface area contributed by atoms with Crippen LogP contribution in [-0.2, 0) is 21.7 Å². The van der Waals surface area contributed by atoms with Crippen molar-refractivity contribution in [3.63, 3.8) is 0 Å². The van der Waals surface area contributed by atoms with Crippen molar-refractivity contribution in [3.8, 4) is 22.3 Å². The van der Waals surface area contributed by atoms with E-state index in [1.165, 1.54) is 89.3 Å². The third-order valence-electron chi connectivity index (χ3n) is 17.7. The van der Waals surface area contributed by atoms with Crippen LogP contribution in [0.4, 0.5) is 51.2 Å². The first-order chi connectivity index (χ1) is 39.5. The molecule has 10 aromatic carbocycles. The zero-order valence-corrected chi connectivity index (χ0v) is 51.0. The maximum atomic E-state index is 6.72. The van der Waals surface area contributed by atoms with Crippen molar-refractivity contribution in [2.45, 2.75) is 119 Å². The molecular weight excluding hydrogens is 1010 g/mol. The Morgan fingerprint density at radius 3 is 1.63 bits per heavy atom. The Morgan fingerprint density at radius 1 is 0.386 bits per heavy atom. The van der Waals surface area contributed by atoms with Crippen molar-refractivity contribution in [2.75, 3.05) is 14.7 Å². The van der Waals surface area contributed by atoms with Gasteiger partial charge < -0.3 is 19.1 Å². The fraction of sp³-hybridized carbons (Fsp3) is 0.231. The SMILES string of the molecule is Cc1cc(-c2cccc3c2oc2ccccc23)cc(C)c1N1c2cc(N(c3ccccc3)c3ccc(C(C)(C)C)cc3-c3ccccc3)ccc2B2c3cc(C(C)(C)C)ccc3N(c3ccc(C(C)(C)C)cc3)c3cc(C(C)(C)C)cc1c32. The number of rotatable bonds is 7. The Balaban J connectivity index is 1.12. The number of benzene rings is 10. The Bertz CT molecular complexity index is 4310. The van der Waals surface area contributed by atoms with Gasteiger partial charge in [0.1, 0.15) is 11.2 Å². The highest BCUT2D eigenvalue weighted by atomic mass is 16.3. The molecule has 11 aromatic rings. The normalized spacial score (nSPS) is 13.3. The number of nitrogens with zero attached hydrogens (tertiary/aromatic N) is 3. The van der Waals surface area contributed by atoms with Crippen LogP contribution in [0.3, 0.4) is 0 Å². The summed E-state index contributed by atoms with van der Waals surface area (Å²) in [6, 6.07) is 77.9. The minimum Gasteiger partial charge on any atom is -0.455 e. The second-order valence-corrected chi connectivity index (χ2v) is 27.6. The minimum absolute atomic E-state index is 0.0123. The van der Waals surface area contributed by atoms with E-state index in [0.29, 0.717) is 0 Å². The molecule has 0 spiro atoms.